The van der Waals surface area contributed by atoms with Gasteiger partial charge in [0.05, 0.1) is 11.0 Å². The highest BCUT2D eigenvalue weighted by atomic mass is 35.5. The average molecular weight is 282 g/mol. The smallest absolute Gasteiger partial charge is 0.329 e. The number of nitro groups is 1. The van der Waals surface area contributed by atoms with Gasteiger partial charge < -0.3 is 5.32 Å². The number of nitriles is 1. The van der Waals surface area contributed by atoms with Gasteiger partial charge in [-0.05, 0) is 24.4 Å². The van der Waals surface area contributed by atoms with E-state index in [0.717, 1.165) is 25.5 Å². The second-order valence-corrected chi connectivity index (χ2v) is 4.85. The van der Waals surface area contributed by atoms with Crippen LogP contribution in [0.5, 0.6) is 0 Å². The standard InChI is InChI=1S/C11H12ClN5O2/c12-10-14-6-8(17(18)19)9(15-10)16-11(7-13)4-2-1-3-5-11/h6H,1-5H2,(H,14,15,16). The molecule has 0 spiro atoms. The summed E-state index contributed by atoms with van der Waals surface area (Å²) in [4.78, 5) is 17.8. The van der Waals surface area contributed by atoms with E-state index < -0.39 is 10.5 Å². The first-order valence-electron chi connectivity index (χ1n) is 5.93. The molecule has 0 unspecified atom stereocenters. The van der Waals surface area contributed by atoms with Gasteiger partial charge in [-0.15, -0.1) is 0 Å². The summed E-state index contributed by atoms with van der Waals surface area (Å²) < 4.78 is 0. The summed E-state index contributed by atoms with van der Waals surface area (Å²) in [6, 6.07) is 2.21. The van der Waals surface area contributed by atoms with Gasteiger partial charge in [-0.3, -0.25) is 10.1 Å². The van der Waals surface area contributed by atoms with Crippen LogP contribution in [0.15, 0.2) is 6.20 Å². The Bertz CT molecular complexity index is 536. The van der Waals surface area contributed by atoms with E-state index in [2.05, 4.69) is 21.4 Å². The zero-order valence-corrected chi connectivity index (χ0v) is 10.9. The molecule has 1 heterocycles. The Hall–Kier alpha value is -1.94. The van der Waals surface area contributed by atoms with Gasteiger partial charge in [0, 0.05) is 0 Å². The van der Waals surface area contributed by atoms with Gasteiger partial charge in [-0.25, -0.2) is 4.98 Å². The van der Waals surface area contributed by atoms with Crippen molar-refractivity contribution in [3.05, 3.63) is 21.6 Å². The van der Waals surface area contributed by atoms with E-state index >= 15 is 0 Å². The number of nitrogens with zero attached hydrogens (tertiary/aromatic N) is 4. The lowest BCUT2D eigenvalue weighted by molar-refractivity contribution is -0.384. The summed E-state index contributed by atoms with van der Waals surface area (Å²) in [7, 11) is 0. The highest BCUT2D eigenvalue weighted by Crippen LogP contribution is 2.33. The molecule has 100 valence electrons. The third kappa shape index (κ3) is 2.90. The van der Waals surface area contributed by atoms with Crippen LogP contribution in [-0.4, -0.2) is 20.4 Å². The van der Waals surface area contributed by atoms with E-state index in [1.54, 1.807) is 0 Å². The molecule has 0 aliphatic heterocycles. The first-order valence-corrected chi connectivity index (χ1v) is 6.30. The molecule has 1 aromatic heterocycles. The molecule has 0 radical (unpaired) electrons. The van der Waals surface area contributed by atoms with E-state index in [1.165, 1.54) is 0 Å². The van der Waals surface area contributed by atoms with Crippen LogP contribution in [-0.2, 0) is 0 Å². The van der Waals surface area contributed by atoms with Crippen molar-refractivity contribution >= 4 is 23.1 Å². The number of anilines is 1. The molecular formula is C11H12ClN5O2. The molecule has 1 aliphatic carbocycles. The van der Waals surface area contributed by atoms with Gasteiger partial charge in [0.15, 0.2) is 0 Å². The molecule has 2 rings (SSSR count). The van der Waals surface area contributed by atoms with Crippen LogP contribution in [0.2, 0.25) is 5.28 Å². The van der Waals surface area contributed by atoms with E-state index in [-0.39, 0.29) is 16.8 Å². The third-order valence-electron chi connectivity index (χ3n) is 3.22. The Labute approximate surface area is 114 Å². The average Bonchev–Trinajstić information content (AvgIpc) is 2.39. The topological polar surface area (TPSA) is 105 Å². The summed E-state index contributed by atoms with van der Waals surface area (Å²) in [5.41, 5.74) is -1.08. The molecule has 0 bridgehead atoms. The number of hydrogen-bond donors (Lipinski definition) is 1. The highest BCUT2D eigenvalue weighted by Gasteiger charge is 2.34. The number of rotatable bonds is 3. The van der Waals surface area contributed by atoms with Crippen LogP contribution in [0.1, 0.15) is 32.1 Å². The maximum atomic E-state index is 10.9. The molecule has 0 atom stereocenters. The van der Waals surface area contributed by atoms with Gasteiger partial charge in [-0.1, -0.05) is 19.3 Å². The fraction of sp³-hybridized carbons (Fsp3) is 0.545. The van der Waals surface area contributed by atoms with Gasteiger partial charge in [0.2, 0.25) is 11.1 Å². The molecule has 1 aromatic rings. The zero-order chi connectivity index (χ0) is 13.9. The van der Waals surface area contributed by atoms with Crippen LogP contribution < -0.4 is 5.32 Å². The number of nitrogens with one attached hydrogen (secondary N) is 1. The molecule has 1 saturated carbocycles. The molecule has 0 saturated heterocycles. The number of aromatic nitrogens is 2. The molecule has 1 N–H and O–H groups in total. The second-order valence-electron chi connectivity index (χ2n) is 4.51. The molecular weight excluding hydrogens is 270 g/mol. The van der Waals surface area contributed by atoms with Crippen molar-refractivity contribution in [1.29, 1.82) is 5.26 Å². The summed E-state index contributed by atoms with van der Waals surface area (Å²) in [6.45, 7) is 0. The van der Waals surface area contributed by atoms with Gasteiger partial charge >= 0.3 is 5.69 Å². The Morgan fingerprint density at radius 3 is 2.74 bits per heavy atom. The predicted octanol–water partition coefficient (Wildman–Crippen LogP) is 2.68. The maximum Gasteiger partial charge on any atom is 0.329 e. The van der Waals surface area contributed by atoms with Crippen LogP contribution in [0, 0.1) is 21.4 Å². The molecule has 0 amide bonds. The van der Waals surface area contributed by atoms with Crippen LogP contribution >= 0.6 is 11.6 Å². The third-order valence-corrected chi connectivity index (χ3v) is 3.40. The minimum absolute atomic E-state index is 0.00782. The Balaban J connectivity index is 2.34. The van der Waals surface area contributed by atoms with Crippen molar-refractivity contribution in [2.75, 3.05) is 5.32 Å². The monoisotopic (exact) mass is 281 g/mol. The Morgan fingerprint density at radius 2 is 2.16 bits per heavy atom. The fourth-order valence-corrected chi connectivity index (χ4v) is 2.36. The van der Waals surface area contributed by atoms with Gasteiger partial charge in [0.1, 0.15) is 11.7 Å². The maximum absolute atomic E-state index is 10.9. The number of hydrogen-bond acceptors (Lipinski definition) is 6. The summed E-state index contributed by atoms with van der Waals surface area (Å²) >= 11 is 5.66. The normalized spacial score (nSPS) is 17.5. The lowest BCUT2D eigenvalue weighted by Crippen LogP contribution is -2.39. The molecule has 7 nitrogen and oxygen atoms in total. The van der Waals surface area contributed by atoms with Crippen molar-refractivity contribution in [1.82, 2.24) is 9.97 Å². The lowest BCUT2D eigenvalue weighted by Gasteiger charge is -2.31. The first-order chi connectivity index (χ1) is 9.06. The Kier molecular flexibility index (Phi) is 3.81. The highest BCUT2D eigenvalue weighted by molar-refractivity contribution is 6.28. The summed E-state index contributed by atoms with van der Waals surface area (Å²) in [5.74, 6) is 0.00782. The molecule has 19 heavy (non-hydrogen) atoms. The van der Waals surface area contributed by atoms with Gasteiger partial charge in [0.25, 0.3) is 0 Å². The Morgan fingerprint density at radius 1 is 1.47 bits per heavy atom. The van der Waals surface area contributed by atoms with Crippen LogP contribution in [0.3, 0.4) is 0 Å². The van der Waals surface area contributed by atoms with E-state index in [1.807, 2.05) is 0 Å². The van der Waals surface area contributed by atoms with Crippen LogP contribution in [0.25, 0.3) is 0 Å². The van der Waals surface area contributed by atoms with E-state index in [9.17, 15) is 15.4 Å². The van der Waals surface area contributed by atoms with Crippen molar-refractivity contribution in [3.63, 3.8) is 0 Å². The van der Waals surface area contributed by atoms with Crippen molar-refractivity contribution in [2.45, 2.75) is 37.6 Å². The molecule has 1 aliphatic rings. The quantitative estimate of drug-likeness (QED) is 0.519. The second kappa shape index (κ2) is 5.36. The fourth-order valence-electron chi connectivity index (χ4n) is 2.23. The largest absolute Gasteiger partial charge is 0.346 e. The van der Waals surface area contributed by atoms with Crippen molar-refractivity contribution in [3.8, 4) is 6.07 Å². The first kappa shape index (κ1) is 13.5. The van der Waals surface area contributed by atoms with Gasteiger partial charge in [-0.2, -0.15) is 10.2 Å². The van der Waals surface area contributed by atoms with E-state index in [4.69, 9.17) is 11.6 Å². The van der Waals surface area contributed by atoms with E-state index in [0.29, 0.717) is 12.8 Å². The molecule has 8 heteroatoms. The zero-order valence-electron chi connectivity index (χ0n) is 10.1. The molecule has 1 fully saturated rings. The lowest BCUT2D eigenvalue weighted by atomic mass is 9.83. The van der Waals surface area contributed by atoms with Crippen molar-refractivity contribution < 1.29 is 4.92 Å². The van der Waals surface area contributed by atoms with Crippen LogP contribution in [0.4, 0.5) is 11.5 Å². The minimum Gasteiger partial charge on any atom is -0.346 e. The SMILES string of the molecule is N#CC1(Nc2nc(Cl)ncc2[N+](=O)[O-])CCCCC1. The van der Waals surface area contributed by atoms with Crippen molar-refractivity contribution in [2.24, 2.45) is 0 Å². The minimum atomic E-state index is -0.805. The number of halogens is 1. The summed E-state index contributed by atoms with van der Waals surface area (Å²) in [6.07, 6.45) is 5.22. The summed E-state index contributed by atoms with van der Waals surface area (Å²) in [5, 5.41) is 23.1. The predicted molar refractivity (Wildman–Crippen MR) is 68.7 cm³/mol. The molecule has 0 aromatic carbocycles.